The molecule has 1 aromatic rings. The van der Waals surface area contributed by atoms with Crippen LogP contribution in [0.1, 0.15) is 38.2 Å². The lowest BCUT2D eigenvalue weighted by atomic mass is 9.89. The first kappa shape index (κ1) is 13.0. The third-order valence-electron chi connectivity index (χ3n) is 4.80. The van der Waals surface area contributed by atoms with Crippen LogP contribution in [0.3, 0.4) is 0 Å². The first-order chi connectivity index (χ1) is 9.20. The Hall–Kier alpha value is -1.02. The SMILES string of the molecule is CC(O)Cc1ccc(OCC2CC3CCC2C3)cc1. The van der Waals surface area contributed by atoms with Gasteiger partial charge in [0.05, 0.1) is 12.7 Å². The van der Waals surface area contributed by atoms with E-state index in [0.717, 1.165) is 30.1 Å². The minimum Gasteiger partial charge on any atom is -0.493 e. The molecule has 0 radical (unpaired) electrons. The molecule has 0 aromatic heterocycles. The molecule has 2 aliphatic rings. The molecule has 104 valence electrons. The van der Waals surface area contributed by atoms with Gasteiger partial charge in [0, 0.05) is 0 Å². The highest BCUT2D eigenvalue weighted by atomic mass is 16.5. The number of benzene rings is 1. The second kappa shape index (κ2) is 5.54. The number of fused-ring (bicyclic) bond motifs is 2. The van der Waals surface area contributed by atoms with Gasteiger partial charge in [-0.2, -0.15) is 0 Å². The van der Waals surface area contributed by atoms with E-state index in [1.54, 1.807) is 0 Å². The van der Waals surface area contributed by atoms with Gasteiger partial charge in [0.15, 0.2) is 0 Å². The highest BCUT2D eigenvalue weighted by Gasteiger charge is 2.39. The minimum atomic E-state index is -0.277. The topological polar surface area (TPSA) is 29.5 Å². The van der Waals surface area contributed by atoms with Gasteiger partial charge >= 0.3 is 0 Å². The zero-order chi connectivity index (χ0) is 13.2. The molecule has 0 spiro atoms. The largest absolute Gasteiger partial charge is 0.493 e. The maximum atomic E-state index is 9.35. The summed E-state index contributed by atoms with van der Waals surface area (Å²) >= 11 is 0. The van der Waals surface area contributed by atoms with Crippen LogP contribution in [0.15, 0.2) is 24.3 Å². The highest BCUT2D eigenvalue weighted by Crippen LogP contribution is 2.48. The van der Waals surface area contributed by atoms with Crippen LogP contribution in [-0.2, 0) is 6.42 Å². The lowest BCUT2D eigenvalue weighted by molar-refractivity contribution is 0.193. The summed E-state index contributed by atoms with van der Waals surface area (Å²) in [6.45, 7) is 2.70. The third-order valence-corrected chi connectivity index (χ3v) is 4.80. The van der Waals surface area contributed by atoms with Crippen LogP contribution in [0.25, 0.3) is 0 Å². The van der Waals surface area contributed by atoms with E-state index >= 15 is 0 Å². The molecule has 2 nitrogen and oxygen atoms in total. The van der Waals surface area contributed by atoms with Gasteiger partial charge in [-0.3, -0.25) is 0 Å². The van der Waals surface area contributed by atoms with E-state index in [0.29, 0.717) is 6.42 Å². The van der Waals surface area contributed by atoms with Crippen molar-refractivity contribution in [2.45, 2.75) is 45.1 Å². The van der Waals surface area contributed by atoms with Crippen LogP contribution in [0, 0.1) is 17.8 Å². The van der Waals surface area contributed by atoms with Crippen LogP contribution in [0.4, 0.5) is 0 Å². The molecular formula is C17H24O2. The molecule has 4 atom stereocenters. The monoisotopic (exact) mass is 260 g/mol. The number of rotatable bonds is 5. The Labute approximate surface area is 115 Å². The molecule has 1 N–H and O–H groups in total. The van der Waals surface area contributed by atoms with Crippen molar-refractivity contribution in [2.75, 3.05) is 6.61 Å². The number of hydrogen-bond acceptors (Lipinski definition) is 2. The molecule has 2 fully saturated rings. The van der Waals surface area contributed by atoms with Crippen molar-refractivity contribution in [3.8, 4) is 5.75 Å². The van der Waals surface area contributed by atoms with Crippen LogP contribution >= 0.6 is 0 Å². The average molecular weight is 260 g/mol. The molecule has 0 amide bonds. The predicted octanol–water partition coefficient (Wildman–Crippen LogP) is 3.42. The molecule has 2 bridgehead atoms. The molecule has 2 heteroatoms. The molecule has 19 heavy (non-hydrogen) atoms. The minimum absolute atomic E-state index is 0.277. The first-order valence-electron chi connectivity index (χ1n) is 7.60. The van der Waals surface area contributed by atoms with Crippen molar-refractivity contribution >= 4 is 0 Å². The van der Waals surface area contributed by atoms with Crippen molar-refractivity contribution in [2.24, 2.45) is 17.8 Å². The van der Waals surface area contributed by atoms with Crippen molar-refractivity contribution in [3.63, 3.8) is 0 Å². The van der Waals surface area contributed by atoms with E-state index in [1.165, 1.54) is 31.2 Å². The molecule has 4 unspecified atom stereocenters. The fourth-order valence-corrected chi connectivity index (χ4v) is 3.85. The number of aliphatic hydroxyl groups is 1. The summed E-state index contributed by atoms with van der Waals surface area (Å²) in [6.07, 6.45) is 6.14. The molecule has 1 aromatic carbocycles. The fourth-order valence-electron chi connectivity index (χ4n) is 3.85. The highest BCUT2D eigenvalue weighted by molar-refractivity contribution is 5.27. The van der Waals surface area contributed by atoms with E-state index < -0.39 is 0 Å². The summed E-state index contributed by atoms with van der Waals surface area (Å²) in [7, 11) is 0. The van der Waals surface area contributed by atoms with Crippen LogP contribution < -0.4 is 4.74 Å². The van der Waals surface area contributed by atoms with E-state index in [9.17, 15) is 5.11 Å². The molecule has 2 saturated carbocycles. The summed E-state index contributed by atoms with van der Waals surface area (Å²) in [5.74, 6) is 3.68. The average Bonchev–Trinajstić information content (AvgIpc) is 2.99. The van der Waals surface area contributed by atoms with Crippen LogP contribution in [0.2, 0.25) is 0 Å². The van der Waals surface area contributed by atoms with E-state index in [2.05, 4.69) is 12.1 Å². The molecule has 0 saturated heterocycles. The Morgan fingerprint density at radius 3 is 2.58 bits per heavy atom. The van der Waals surface area contributed by atoms with Crippen molar-refractivity contribution in [1.29, 1.82) is 0 Å². The Kier molecular flexibility index (Phi) is 3.79. The quantitative estimate of drug-likeness (QED) is 0.879. The maximum absolute atomic E-state index is 9.35. The summed E-state index contributed by atoms with van der Waals surface area (Å²) in [6, 6.07) is 8.18. The maximum Gasteiger partial charge on any atom is 0.119 e. The zero-order valence-electron chi connectivity index (χ0n) is 11.7. The summed E-state index contributed by atoms with van der Waals surface area (Å²) < 4.78 is 5.94. The van der Waals surface area contributed by atoms with Gasteiger partial charge in [0.25, 0.3) is 0 Å². The van der Waals surface area contributed by atoms with Crippen LogP contribution in [-0.4, -0.2) is 17.8 Å². The van der Waals surface area contributed by atoms with E-state index in [-0.39, 0.29) is 6.10 Å². The van der Waals surface area contributed by atoms with E-state index in [4.69, 9.17) is 4.74 Å². The van der Waals surface area contributed by atoms with Gasteiger partial charge in [-0.15, -0.1) is 0 Å². The molecule has 2 aliphatic carbocycles. The van der Waals surface area contributed by atoms with Crippen molar-refractivity contribution < 1.29 is 9.84 Å². The standard InChI is InChI=1S/C17H24O2/c1-12(18)8-13-3-6-17(7-4-13)19-11-16-10-14-2-5-15(16)9-14/h3-4,6-7,12,14-16,18H,2,5,8-11H2,1H3. The zero-order valence-corrected chi connectivity index (χ0v) is 11.7. The Balaban J connectivity index is 1.50. The van der Waals surface area contributed by atoms with E-state index in [1.807, 2.05) is 19.1 Å². The van der Waals surface area contributed by atoms with Crippen molar-refractivity contribution in [1.82, 2.24) is 0 Å². The molecular weight excluding hydrogens is 236 g/mol. The summed E-state index contributed by atoms with van der Waals surface area (Å²) in [5.41, 5.74) is 1.17. The normalized spacial score (nSPS) is 30.5. The number of aliphatic hydroxyl groups excluding tert-OH is 1. The summed E-state index contributed by atoms with van der Waals surface area (Å²) in [4.78, 5) is 0. The molecule has 0 heterocycles. The van der Waals surface area contributed by atoms with Gasteiger partial charge in [0.2, 0.25) is 0 Å². The smallest absolute Gasteiger partial charge is 0.119 e. The van der Waals surface area contributed by atoms with Gasteiger partial charge < -0.3 is 9.84 Å². The number of hydrogen-bond donors (Lipinski definition) is 1. The van der Waals surface area contributed by atoms with Gasteiger partial charge in [-0.05, 0) is 68.1 Å². The number of ether oxygens (including phenoxy) is 1. The summed E-state index contributed by atoms with van der Waals surface area (Å²) in [5, 5.41) is 9.35. The van der Waals surface area contributed by atoms with Gasteiger partial charge in [-0.1, -0.05) is 18.6 Å². The lowest BCUT2D eigenvalue weighted by Gasteiger charge is -2.21. The van der Waals surface area contributed by atoms with Gasteiger partial charge in [0.1, 0.15) is 5.75 Å². The second-order valence-electron chi connectivity index (χ2n) is 6.44. The van der Waals surface area contributed by atoms with Crippen molar-refractivity contribution in [3.05, 3.63) is 29.8 Å². The van der Waals surface area contributed by atoms with Crippen LogP contribution in [0.5, 0.6) is 5.75 Å². The first-order valence-corrected chi connectivity index (χ1v) is 7.60. The third kappa shape index (κ3) is 3.11. The Morgan fingerprint density at radius 2 is 2.00 bits per heavy atom. The second-order valence-corrected chi connectivity index (χ2v) is 6.44. The molecule has 3 rings (SSSR count). The molecule has 0 aliphatic heterocycles. The lowest BCUT2D eigenvalue weighted by Crippen LogP contribution is -2.18. The van der Waals surface area contributed by atoms with Gasteiger partial charge in [-0.25, -0.2) is 0 Å². The Bertz CT molecular complexity index is 410. The Morgan fingerprint density at radius 1 is 1.21 bits per heavy atom. The predicted molar refractivity (Wildman–Crippen MR) is 76.3 cm³/mol. The fraction of sp³-hybridized carbons (Fsp3) is 0.647.